The Morgan fingerprint density at radius 3 is 2.45 bits per heavy atom. The Kier molecular flexibility index (Phi) is 8.98. The molecule has 0 radical (unpaired) electrons. The number of methoxy groups -OCH3 is 3. The second-order valence-electron chi connectivity index (χ2n) is 7.96. The number of rotatable bonds is 10. The average Bonchev–Trinajstić information content (AvgIpc) is 3.17. The van der Waals surface area contributed by atoms with Crippen LogP contribution in [0.25, 0.3) is 6.08 Å². The van der Waals surface area contributed by atoms with Crippen molar-refractivity contribution in [1.29, 1.82) is 0 Å². The van der Waals surface area contributed by atoms with Crippen molar-refractivity contribution in [3.05, 3.63) is 63.6 Å². The molecule has 5 heteroatoms. The molecule has 1 aromatic heterocycles. The van der Waals surface area contributed by atoms with Gasteiger partial charge in [0.25, 0.3) is 0 Å². The van der Waals surface area contributed by atoms with Crippen LogP contribution in [0.15, 0.2) is 40.0 Å². The van der Waals surface area contributed by atoms with Crippen molar-refractivity contribution in [3.63, 3.8) is 0 Å². The van der Waals surface area contributed by atoms with Gasteiger partial charge in [0.15, 0.2) is 0 Å². The lowest BCUT2D eigenvalue weighted by Gasteiger charge is -2.17. The molecular weight excluding hydrogens is 392 g/mol. The highest BCUT2D eigenvalue weighted by Gasteiger charge is 2.22. The van der Waals surface area contributed by atoms with Gasteiger partial charge in [0.2, 0.25) is 0 Å². The fourth-order valence-corrected chi connectivity index (χ4v) is 3.59. The van der Waals surface area contributed by atoms with E-state index in [1.54, 1.807) is 14.2 Å². The maximum absolute atomic E-state index is 12.3. The number of esters is 1. The van der Waals surface area contributed by atoms with Gasteiger partial charge in [-0.15, -0.1) is 0 Å². The lowest BCUT2D eigenvalue weighted by molar-refractivity contribution is 0.0596. The molecule has 0 amide bonds. The molecule has 0 aliphatic rings. The molecule has 2 rings (SSSR count). The summed E-state index contributed by atoms with van der Waals surface area (Å²) in [5, 5.41) is 0. The number of allylic oxidation sites excluding steroid dienone is 3. The van der Waals surface area contributed by atoms with E-state index in [0.717, 1.165) is 36.1 Å². The summed E-state index contributed by atoms with van der Waals surface area (Å²) < 4.78 is 21.7. The minimum absolute atomic E-state index is 0.411. The van der Waals surface area contributed by atoms with E-state index in [1.165, 1.54) is 23.8 Å². The van der Waals surface area contributed by atoms with Gasteiger partial charge >= 0.3 is 5.97 Å². The van der Waals surface area contributed by atoms with Gasteiger partial charge in [-0.2, -0.15) is 0 Å². The fourth-order valence-electron chi connectivity index (χ4n) is 3.59. The number of hydrogen-bond acceptors (Lipinski definition) is 5. The molecule has 0 atom stereocenters. The first-order valence-electron chi connectivity index (χ1n) is 10.5. The first-order valence-corrected chi connectivity index (χ1v) is 10.5. The van der Waals surface area contributed by atoms with Crippen LogP contribution < -0.4 is 9.47 Å². The van der Waals surface area contributed by atoms with Crippen LogP contribution in [-0.4, -0.2) is 27.3 Å². The Bertz CT molecular complexity index is 958. The predicted octanol–water partition coefficient (Wildman–Crippen LogP) is 6.33. The lowest BCUT2D eigenvalue weighted by atomic mass is 9.98. The quantitative estimate of drug-likeness (QED) is 0.328. The molecule has 0 saturated carbocycles. The van der Waals surface area contributed by atoms with Gasteiger partial charge in [-0.25, -0.2) is 4.79 Å². The Balaban J connectivity index is 2.10. The topological polar surface area (TPSA) is 57.9 Å². The van der Waals surface area contributed by atoms with Crippen molar-refractivity contribution in [2.75, 3.05) is 21.3 Å². The Labute approximate surface area is 185 Å². The number of ether oxygens (including phenoxy) is 3. The van der Waals surface area contributed by atoms with E-state index < -0.39 is 5.97 Å². The van der Waals surface area contributed by atoms with Crippen molar-refractivity contribution in [1.82, 2.24) is 0 Å². The highest BCUT2D eigenvalue weighted by atomic mass is 16.5. The molecule has 0 bridgehead atoms. The molecule has 0 aliphatic carbocycles. The summed E-state index contributed by atoms with van der Waals surface area (Å²) in [5.41, 5.74) is 5.76. The third-order valence-corrected chi connectivity index (χ3v) is 5.15. The Hall–Kier alpha value is -2.95. The van der Waals surface area contributed by atoms with Gasteiger partial charge < -0.3 is 18.6 Å². The SMILES string of the molecule is COC(=O)c1c(C)cc(OC)c(C/C=C(\C)CCCc2coc(C=C(C)C)c2)c1OC. The molecule has 31 heavy (non-hydrogen) atoms. The second kappa shape index (κ2) is 11.4. The number of hydrogen-bond donors (Lipinski definition) is 0. The maximum Gasteiger partial charge on any atom is 0.341 e. The van der Waals surface area contributed by atoms with Crippen molar-refractivity contribution in [2.45, 2.75) is 53.4 Å². The van der Waals surface area contributed by atoms with E-state index in [4.69, 9.17) is 18.6 Å². The number of carbonyl (C=O) groups is 1. The molecule has 0 saturated heterocycles. The zero-order valence-electron chi connectivity index (χ0n) is 19.8. The summed E-state index contributed by atoms with van der Waals surface area (Å²) in [4.78, 5) is 12.3. The molecular formula is C26H34O5. The molecule has 1 heterocycles. The first kappa shape index (κ1) is 24.3. The highest BCUT2D eigenvalue weighted by molar-refractivity contribution is 5.95. The van der Waals surface area contributed by atoms with Crippen molar-refractivity contribution in [2.24, 2.45) is 0 Å². The van der Waals surface area contributed by atoms with Gasteiger partial charge in [-0.05, 0) is 82.7 Å². The summed E-state index contributed by atoms with van der Waals surface area (Å²) in [6.45, 7) is 8.09. The van der Waals surface area contributed by atoms with Crippen LogP contribution in [0.3, 0.4) is 0 Å². The zero-order valence-corrected chi connectivity index (χ0v) is 19.8. The summed E-state index contributed by atoms with van der Waals surface area (Å²) in [6, 6.07) is 3.96. The van der Waals surface area contributed by atoms with Crippen molar-refractivity contribution in [3.8, 4) is 11.5 Å². The van der Waals surface area contributed by atoms with Gasteiger partial charge in [-0.1, -0.05) is 17.2 Å². The molecule has 0 spiro atoms. The van der Waals surface area contributed by atoms with Crippen LogP contribution in [-0.2, 0) is 17.6 Å². The molecule has 5 nitrogen and oxygen atoms in total. The molecule has 1 aromatic carbocycles. The fraction of sp³-hybridized carbons (Fsp3) is 0.423. The van der Waals surface area contributed by atoms with Crippen LogP contribution in [0, 0.1) is 6.92 Å². The number of furan rings is 1. The van der Waals surface area contributed by atoms with Gasteiger partial charge in [0.05, 0.1) is 27.6 Å². The summed E-state index contributed by atoms with van der Waals surface area (Å²) >= 11 is 0. The molecule has 0 aliphatic heterocycles. The minimum atomic E-state index is -0.411. The summed E-state index contributed by atoms with van der Waals surface area (Å²) in [6.07, 6.45) is 9.63. The van der Waals surface area contributed by atoms with E-state index in [9.17, 15) is 4.79 Å². The molecule has 2 aromatic rings. The number of benzene rings is 1. The molecule has 0 fully saturated rings. The molecule has 168 valence electrons. The largest absolute Gasteiger partial charge is 0.496 e. The van der Waals surface area contributed by atoms with Crippen LogP contribution in [0.5, 0.6) is 11.5 Å². The number of carbonyl (C=O) groups excluding carboxylic acids is 1. The summed E-state index contributed by atoms with van der Waals surface area (Å²) in [7, 11) is 4.56. The number of aryl methyl sites for hydroxylation is 2. The Morgan fingerprint density at radius 1 is 1.10 bits per heavy atom. The average molecular weight is 427 g/mol. The highest BCUT2D eigenvalue weighted by Crippen LogP contribution is 2.36. The third-order valence-electron chi connectivity index (χ3n) is 5.15. The van der Waals surface area contributed by atoms with Crippen molar-refractivity contribution < 1.29 is 23.4 Å². The Morgan fingerprint density at radius 2 is 1.84 bits per heavy atom. The maximum atomic E-state index is 12.3. The zero-order chi connectivity index (χ0) is 23.0. The first-order chi connectivity index (χ1) is 14.8. The van der Waals surface area contributed by atoms with Gasteiger partial charge in [0, 0.05) is 5.56 Å². The van der Waals surface area contributed by atoms with E-state index in [2.05, 4.69) is 32.9 Å². The monoisotopic (exact) mass is 426 g/mol. The smallest absolute Gasteiger partial charge is 0.341 e. The van der Waals surface area contributed by atoms with Crippen LogP contribution in [0.1, 0.15) is 66.4 Å². The van der Waals surface area contributed by atoms with E-state index in [0.29, 0.717) is 23.5 Å². The standard InChI is InChI=1S/C26H34O5/c1-17(2)13-21-15-20(16-31-21)10-8-9-18(3)11-12-22-23(28-5)14-19(4)24(25(22)29-6)26(27)30-7/h11,13-16H,8-10,12H2,1-7H3/b18-11+. The third kappa shape index (κ3) is 6.51. The molecule has 0 unspecified atom stereocenters. The lowest BCUT2D eigenvalue weighted by Crippen LogP contribution is -2.10. The van der Waals surface area contributed by atoms with Gasteiger partial charge in [0.1, 0.15) is 22.8 Å². The van der Waals surface area contributed by atoms with E-state index in [-0.39, 0.29) is 0 Å². The van der Waals surface area contributed by atoms with Crippen LogP contribution >= 0.6 is 0 Å². The normalized spacial score (nSPS) is 11.3. The van der Waals surface area contributed by atoms with Crippen molar-refractivity contribution >= 4 is 12.0 Å². The van der Waals surface area contributed by atoms with Crippen LogP contribution in [0.4, 0.5) is 0 Å². The van der Waals surface area contributed by atoms with E-state index >= 15 is 0 Å². The second-order valence-corrected chi connectivity index (χ2v) is 7.96. The van der Waals surface area contributed by atoms with Gasteiger partial charge in [-0.3, -0.25) is 0 Å². The summed E-state index contributed by atoms with van der Waals surface area (Å²) in [5.74, 6) is 1.71. The molecule has 0 N–H and O–H groups in total. The van der Waals surface area contributed by atoms with Crippen LogP contribution in [0.2, 0.25) is 0 Å². The minimum Gasteiger partial charge on any atom is -0.496 e. The van der Waals surface area contributed by atoms with E-state index in [1.807, 2.05) is 25.3 Å². The predicted molar refractivity (Wildman–Crippen MR) is 124 cm³/mol.